The summed E-state index contributed by atoms with van der Waals surface area (Å²) in [6.45, 7) is 1.52. The Hall–Kier alpha value is -2.64. The Bertz CT molecular complexity index is 753. The van der Waals surface area contributed by atoms with Gasteiger partial charge in [0, 0.05) is 32.4 Å². The van der Waals surface area contributed by atoms with Crippen molar-refractivity contribution in [2.45, 2.75) is 6.18 Å². The molecule has 0 spiro atoms. The van der Waals surface area contributed by atoms with Gasteiger partial charge >= 0.3 is 6.18 Å². The van der Waals surface area contributed by atoms with Gasteiger partial charge in [0.15, 0.2) is 0 Å². The number of alkyl halides is 3. The van der Waals surface area contributed by atoms with Gasteiger partial charge in [0.05, 0.1) is 11.1 Å². The van der Waals surface area contributed by atoms with Crippen molar-refractivity contribution in [2.75, 3.05) is 31.1 Å². The van der Waals surface area contributed by atoms with Crippen LogP contribution in [0.2, 0.25) is 0 Å². The molecule has 3 rings (SSSR count). The molecule has 1 saturated heterocycles. The molecule has 1 aromatic carbocycles. The third kappa shape index (κ3) is 3.72. The maximum Gasteiger partial charge on any atom is 0.417 e. The molecule has 1 fully saturated rings. The molecular weight excluding hydrogens is 338 g/mol. The number of piperazine rings is 1. The molecule has 4 nitrogen and oxygen atoms in total. The zero-order chi connectivity index (χ0) is 18.0. The number of halogens is 4. The van der Waals surface area contributed by atoms with Crippen molar-refractivity contribution >= 4 is 11.7 Å². The molecule has 25 heavy (non-hydrogen) atoms. The number of carbonyl (C=O) groups excluding carboxylic acids is 1. The largest absolute Gasteiger partial charge is 0.417 e. The van der Waals surface area contributed by atoms with E-state index in [1.807, 2.05) is 0 Å². The molecule has 1 amide bonds. The summed E-state index contributed by atoms with van der Waals surface area (Å²) in [6, 6.07) is 8.08. The van der Waals surface area contributed by atoms with Gasteiger partial charge in [0.2, 0.25) is 0 Å². The Morgan fingerprint density at radius 1 is 1.00 bits per heavy atom. The highest BCUT2D eigenvalue weighted by atomic mass is 19.4. The number of aromatic nitrogens is 1. The number of rotatable bonds is 2. The van der Waals surface area contributed by atoms with Gasteiger partial charge in [-0.25, -0.2) is 9.37 Å². The number of benzene rings is 1. The van der Waals surface area contributed by atoms with Crippen LogP contribution in [-0.2, 0) is 6.18 Å². The van der Waals surface area contributed by atoms with Gasteiger partial charge < -0.3 is 9.80 Å². The fourth-order valence-corrected chi connectivity index (χ4v) is 2.68. The number of amides is 1. The van der Waals surface area contributed by atoms with E-state index < -0.39 is 23.5 Å². The lowest BCUT2D eigenvalue weighted by Crippen LogP contribution is -2.49. The van der Waals surface area contributed by atoms with Crippen LogP contribution in [0.25, 0.3) is 0 Å². The van der Waals surface area contributed by atoms with Crippen LogP contribution < -0.4 is 4.90 Å². The molecule has 0 radical (unpaired) electrons. The average molecular weight is 353 g/mol. The fourth-order valence-electron chi connectivity index (χ4n) is 2.68. The number of anilines is 1. The van der Waals surface area contributed by atoms with Crippen molar-refractivity contribution in [3.05, 3.63) is 59.5 Å². The predicted octanol–water partition coefficient (Wildman–Crippen LogP) is 3.20. The predicted molar refractivity (Wildman–Crippen MR) is 83.8 cm³/mol. The first-order valence-electron chi connectivity index (χ1n) is 7.68. The van der Waals surface area contributed by atoms with E-state index in [-0.39, 0.29) is 5.56 Å². The van der Waals surface area contributed by atoms with Crippen LogP contribution in [0, 0.1) is 5.82 Å². The second-order valence-corrected chi connectivity index (χ2v) is 5.66. The Labute approximate surface area is 141 Å². The summed E-state index contributed by atoms with van der Waals surface area (Å²) in [5.74, 6) is -0.538. The molecule has 2 aromatic rings. The molecule has 1 aromatic heterocycles. The van der Waals surface area contributed by atoms with E-state index in [9.17, 15) is 22.4 Å². The van der Waals surface area contributed by atoms with Crippen LogP contribution in [0.4, 0.5) is 23.4 Å². The molecule has 0 bridgehead atoms. The highest BCUT2D eigenvalue weighted by Crippen LogP contribution is 2.29. The van der Waals surface area contributed by atoms with Crippen LogP contribution >= 0.6 is 0 Å². The number of carbonyl (C=O) groups is 1. The zero-order valence-corrected chi connectivity index (χ0v) is 13.1. The van der Waals surface area contributed by atoms with E-state index in [0.29, 0.717) is 32.0 Å². The van der Waals surface area contributed by atoms with Crippen LogP contribution in [0.1, 0.15) is 15.9 Å². The normalized spacial score (nSPS) is 15.4. The maximum absolute atomic E-state index is 13.7. The van der Waals surface area contributed by atoms with Gasteiger partial charge in [0.25, 0.3) is 5.91 Å². The average Bonchev–Trinajstić information content (AvgIpc) is 2.61. The van der Waals surface area contributed by atoms with Gasteiger partial charge in [0.1, 0.15) is 11.6 Å². The van der Waals surface area contributed by atoms with Crippen molar-refractivity contribution in [1.82, 2.24) is 9.88 Å². The minimum absolute atomic E-state index is 0.0172. The Morgan fingerprint density at radius 2 is 1.68 bits per heavy atom. The third-order valence-electron chi connectivity index (χ3n) is 4.07. The standard InChI is InChI=1S/C17H15F4N3O/c18-14-4-2-1-3-13(14)16(25)24-9-7-23(8-10-24)15-6-5-12(11-22-15)17(19,20)21/h1-6,11H,7-10H2. The van der Waals surface area contributed by atoms with Gasteiger partial charge in [-0.1, -0.05) is 12.1 Å². The van der Waals surface area contributed by atoms with Gasteiger partial charge in [-0.05, 0) is 24.3 Å². The van der Waals surface area contributed by atoms with Crippen LogP contribution in [0.5, 0.6) is 0 Å². The van der Waals surface area contributed by atoms with Crippen molar-refractivity contribution in [3.8, 4) is 0 Å². The summed E-state index contributed by atoms with van der Waals surface area (Å²) in [5.41, 5.74) is -0.784. The van der Waals surface area contributed by atoms with Gasteiger partial charge in [-0.2, -0.15) is 13.2 Å². The molecule has 0 N–H and O–H groups in total. The van der Waals surface area contributed by atoms with Gasteiger partial charge in [-0.3, -0.25) is 4.79 Å². The summed E-state index contributed by atoms with van der Waals surface area (Å²) in [5, 5.41) is 0. The summed E-state index contributed by atoms with van der Waals surface area (Å²) < 4.78 is 51.4. The second kappa shape index (κ2) is 6.70. The lowest BCUT2D eigenvalue weighted by molar-refractivity contribution is -0.137. The smallest absolute Gasteiger partial charge is 0.353 e. The molecule has 8 heteroatoms. The molecule has 0 saturated carbocycles. The van der Waals surface area contributed by atoms with Crippen LogP contribution in [0.3, 0.4) is 0 Å². The number of hydrogen-bond donors (Lipinski definition) is 0. The summed E-state index contributed by atoms with van der Waals surface area (Å²) >= 11 is 0. The van der Waals surface area contributed by atoms with E-state index in [1.54, 1.807) is 11.0 Å². The molecular formula is C17H15F4N3O. The molecule has 2 heterocycles. The second-order valence-electron chi connectivity index (χ2n) is 5.66. The van der Waals surface area contributed by atoms with Crippen molar-refractivity contribution in [3.63, 3.8) is 0 Å². The zero-order valence-electron chi connectivity index (χ0n) is 13.1. The van der Waals surface area contributed by atoms with E-state index in [2.05, 4.69) is 4.98 Å². The molecule has 1 aliphatic heterocycles. The monoisotopic (exact) mass is 353 g/mol. The Kier molecular flexibility index (Phi) is 4.61. The van der Waals surface area contributed by atoms with Crippen LogP contribution in [0.15, 0.2) is 42.6 Å². The van der Waals surface area contributed by atoms with Crippen LogP contribution in [-0.4, -0.2) is 42.0 Å². The molecule has 0 aliphatic carbocycles. The summed E-state index contributed by atoms with van der Waals surface area (Å²) in [6.07, 6.45) is -3.62. The van der Waals surface area contributed by atoms with Crippen molar-refractivity contribution in [1.29, 1.82) is 0 Å². The van der Waals surface area contributed by atoms with E-state index in [0.717, 1.165) is 12.3 Å². The minimum Gasteiger partial charge on any atom is -0.353 e. The highest BCUT2D eigenvalue weighted by Gasteiger charge is 2.31. The lowest BCUT2D eigenvalue weighted by Gasteiger charge is -2.35. The van der Waals surface area contributed by atoms with E-state index >= 15 is 0 Å². The van der Waals surface area contributed by atoms with Gasteiger partial charge in [-0.15, -0.1) is 0 Å². The third-order valence-corrected chi connectivity index (χ3v) is 4.07. The maximum atomic E-state index is 13.7. The minimum atomic E-state index is -4.42. The SMILES string of the molecule is O=C(c1ccccc1F)N1CCN(c2ccc(C(F)(F)F)cn2)CC1. The first-order valence-corrected chi connectivity index (χ1v) is 7.68. The summed E-state index contributed by atoms with van der Waals surface area (Å²) in [4.78, 5) is 19.5. The first-order chi connectivity index (χ1) is 11.9. The van der Waals surface area contributed by atoms with Crippen molar-refractivity contribution in [2.24, 2.45) is 0 Å². The van der Waals surface area contributed by atoms with E-state index in [1.165, 1.54) is 29.2 Å². The highest BCUT2D eigenvalue weighted by molar-refractivity contribution is 5.94. The first kappa shape index (κ1) is 17.2. The number of hydrogen-bond acceptors (Lipinski definition) is 3. The molecule has 0 unspecified atom stereocenters. The quantitative estimate of drug-likeness (QED) is 0.778. The topological polar surface area (TPSA) is 36.4 Å². The molecule has 132 valence electrons. The summed E-state index contributed by atoms with van der Waals surface area (Å²) in [7, 11) is 0. The fraction of sp³-hybridized carbons (Fsp3) is 0.294. The Balaban J connectivity index is 1.64. The lowest BCUT2D eigenvalue weighted by atomic mass is 10.1. The number of pyridine rings is 1. The Morgan fingerprint density at radius 3 is 2.24 bits per heavy atom. The van der Waals surface area contributed by atoms with E-state index in [4.69, 9.17) is 0 Å². The molecule has 1 aliphatic rings. The molecule has 0 atom stereocenters. The number of nitrogens with zero attached hydrogens (tertiary/aromatic N) is 3. The van der Waals surface area contributed by atoms with Crippen molar-refractivity contribution < 1.29 is 22.4 Å².